The van der Waals surface area contributed by atoms with E-state index in [1.54, 1.807) is 6.20 Å². The highest BCUT2D eigenvalue weighted by Gasteiger charge is 2.43. The number of nitrogens with one attached hydrogen (secondary N) is 2. The van der Waals surface area contributed by atoms with E-state index in [1.165, 1.54) is 0 Å². The second-order valence-corrected chi connectivity index (χ2v) is 6.76. The van der Waals surface area contributed by atoms with Crippen molar-refractivity contribution in [1.82, 2.24) is 20.4 Å². The van der Waals surface area contributed by atoms with Crippen molar-refractivity contribution in [3.05, 3.63) is 17.5 Å². The lowest BCUT2D eigenvalue weighted by Crippen LogP contribution is -2.47. The second kappa shape index (κ2) is 4.58. The quantitative estimate of drug-likeness (QED) is 0.853. The molecular formula is C15H20N4O2. The molecule has 0 bridgehead atoms. The van der Waals surface area contributed by atoms with Gasteiger partial charge in [0, 0.05) is 37.4 Å². The third-order valence-electron chi connectivity index (χ3n) is 5.03. The molecule has 3 heterocycles. The van der Waals surface area contributed by atoms with E-state index in [0.717, 1.165) is 43.5 Å². The van der Waals surface area contributed by atoms with Gasteiger partial charge in [-0.1, -0.05) is 0 Å². The molecule has 4 rings (SSSR count). The van der Waals surface area contributed by atoms with E-state index in [1.807, 2.05) is 4.90 Å². The molecule has 1 saturated carbocycles. The number of likely N-dealkylation sites (tertiary alicyclic amines) is 1. The number of nitrogens with zero attached hydrogens (tertiary/aromatic N) is 2. The highest BCUT2D eigenvalue weighted by atomic mass is 16.2. The summed E-state index contributed by atoms with van der Waals surface area (Å²) in [6.45, 7) is 2.17. The third-order valence-corrected chi connectivity index (χ3v) is 5.03. The maximum absolute atomic E-state index is 12.8. The lowest BCUT2D eigenvalue weighted by atomic mass is 9.79. The monoisotopic (exact) mass is 288 g/mol. The fourth-order valence-corrected chi connectivity index (χ4v) is 3.74. The molecule has 1 atom stereocenters. The number of piperidine rings is 1. The van der Waals surface area contributed by atoms with Gasteiger partial charge in [-0.25, -0.2) is 0 Å². The molecule has 3 aliphatic rings. The first kappa shape index (κ1) is 12.9. The average Bonchev–Trinajstić information content (AvgIpc) is 3.11. The molecule has 1 aliphatic carbocycles. The summed E-state index contributed by atoms with van der Waals surface area (Å²) in [5.74, 6) is 0.676. The zero-order valence-corrected chi connectivity index (χ0v) is 12.0. The molecule has 6 nitrogen and oxygen atoms in total. The van der Waals surface area contributed by atoms with Crippen LogP contribution in [-0.2, 0) is 4.79 Å². The van der Waals surface area contributed by atoms with Crippen molar-refractivity contribution < 1.29 is 9.59 Å². The van der Waals surface area contributed by atoms with Crippen molar-refractivity contribution in [3.8, 4) is 0 Å². The predicted molar refractivity (Wildman–Crippen MR) is 75.8 cm³/mol. The smallest absolute Gasteiger partial charge is 0.257 e. The Morgan fingerprint density at radius 2 is 2.29 bits per heavy atom. The van der Waals surface area contributed by atoms with E-state index in [-0.39, 0.29) is 17.2 Å². The van der Waals surface area contributed by atoms with Gasteiger partial charge in [-0.2, -0.15) is 5.10 Å². The minimum atomic E-state index is -0.0471. The zero-order chi connectivity index (χ0) is 14.4. The van der Waals surface area contributed by atoms with Crippen molar-refractivity contribution in [1.29, 1.82) is 0 Å². The number of hydrogen-bond acceptors (Lipinski definition) is 3. The zero-order valence-electron chi connectivity index (χ0n) is 12.0. The van der Waals surface area contributed by atoms with Crippen LogP contribution in [0.5, 0.6) is 0 Å². The van der Waals surface area contributed by atoms with Crippen LogP contribution in [0.4, 0.5) is 0 Å². The molecule has 6 heteroatoms. The SMILES string of the molecule is O=C1CC2(CCCN(C(=O)c3cn[nH]c3C3CC3)C2)CN1. The highest BCUT2D eigenvalue weighted by molar-refractivity contribution is 5.95. The largest absolute Gasteiger partial charge is 0.355 e. The molecule has 1 unspecified atom stereocenters. The number of rotatable bonds is 2. The molecule has 21 heavy (non-hydrogen) atoms. The molecule has 112 valence electrons. The highest BCUT2D eigenvalue weighted by Crippen LogP contribution is 2.41. The summed E-state index contributed by atoms with van der Waals surface area (Å²) >= 11 is 0. The number of aromatic amines is 1. The standard InChI is InChI=1S/C15H20N4O2/c20-12-6-15(8-16-12)4-1-5-19(9-15)14(21)11-7-17-18-13(11)10-2-3-10/h7,10H,1-6,8-9H2,(H,16,20)(H,17,18). The van der Waals surface area contributed by atoms with Crippen LogP contribution in [0.25, 0.3) is 0 Å². The first-order valence-electron chi connectivity index (χ1n) is 7.76. The molecule has 0 radical (unpaired) electrons. The number of carbonyl (C=O) groups excluding carboxylic acids is 2. The summed E-state index contributed by atoms with van der Waals surface area (Å²) in [6.07, 6.45) is 6.50. The van der Waals surface area contributed by atoms with Crippen LogP contribution in [0, 0.1) is 5.41 Å². The molecule has 2 N–H and O–H groups in total. The normalized spacial score (nSPS) is 29.0. The van der Waals surface area contributed by atoms with E-state index >= 15 is 0 Å². The van der Waals surface area contributed by atoms with Crippen molar-refractivity contribution in [3.63, 3.8) is 0 Å². The van der Waals surface area contributed by atoms with Crippen molar-refractivity contribution in [2.45, 2.75) is 38.0 Å². The van der Waals surface area contributed by atoms with Crippen LogP contribution < -0.4 is 5.32 Å². The number of hydrogen-bond donors (Lipinski definition) is 2. The van der Waals surface area contributed by atoms with Crippen LogP contribution in [0.15, 0.2) is 6.20 Å². The van der Waals surface area contributed by atoms with Gasteiger partial charge in [-0.3, -0.25) is 14.7 Å². The molecule has 2 saturated heterocycles. The molecule has 1 spiro atoms. The van der Waals surface area contributed by atoms with E-state index in [2.05, 4.69) is 15.5 Å². The van der Waals surface area contributed by atoms with Gasteiger partial charge in [-0.15, -0.1) is 0 Å². The lowest BCUT2D eigenvalue weighted by molar-refractivity contribution is -0.119. The number of H-pyrrole nitrogens is 1. The van der Waals surface area contributed by atoms with Crippen LogP contribution in [0.2, 0.25) is 0 Å². The molecule has 1 aromatic heterocycles. The molecule has 2 aliphatic heterocycles. The van der Waals surface area contributed by atoms with Gasteiger partial charge < -0.3 is 10.2 Å². The first-order valence-corrected chi connectivity index (χ1v) is 7.76. The molecule has 0 aromatic carbocycles. The van der Waals surface area contributed by atoms with Gasteiger partial charge in [0.2, 0.25) is 5.91 Å². The maximum atomic E-state index is 12.8. The summed E-state index contributed by atoms with van der Waals surface area (Å²) in [5.41, 5.74) is 1.68. The van der Waals surface area contributed by atoms with Crippen LogP contribution in [0.3, 0.4) is 0 Å². The average molecular weight is 288 g/mol. The Bertz CT molecular complexity index is 592. The number of carbonyl (C=O) groups is 2. The maximum Gasteiger partial charge on any atom is 0.257 e. The predicted octanol–water partition coefficient (Wildman–Crippen LogP) is 1.03. The van der Waals surface area contributed by atoms with E-state index in [9.17, 15) is 9.59 Å². The van der Waals surface area contributed by atoms with Gasteiger partial charge >= 0.3 is 0 Å². The Kier molecular flexibility index (Phi) is 2.80. The van der Waals surface area contributed by atoms with Gasteiger partial charge in [-0.05, 0) is 25.7 Å². The van der Waals surface area contributed by atoms with E-state index in [4.69, 9.17) is 0 Å². The first-order chi connectivity index (χ1) is 10.2. The molecule has 1 aromatic rings. The van der Waals surface area contributed by atoms with Crippen LogP contribution in [0.1, 0.15) is 54.1 Å². The van der Waals surface area contributed by atoms with Crippen LogP contribution >= 0.6 is 0 Å². The Morgan fingerprint density at radius 1 is 1.43 bits per heavy atom. The van der Waals surface area contributed by atoms with Gasteiger partial charge in [0.25, 0.3) is 5.91 Å². The summed E-state index contributed by atoms with van der Waals surface area (Å²) in [6, 6.07) is 0. The number of amides is 2. The molecule has 3 fully saturated rings. The Hall–Kier alpha value is -1.85. The summed E-state index contributed by atoms with van der Waals surface area (Å²) < 4.78 is 0. The third kappa shape index (κ3) is 2.22. The minimum Gasteiger partial charge on any atom is -0.355 e. The van der Waals surface area contributed by atoms with Crippen molar-refractivity contribution in [2.75, 3.05) is 19.6 Å². The fourth-order valence-electron chi connectivity index (χ4n) is 3.74. The van der Waals surface area contributed by atoms with Gasteiger partial charge in [0.1, 0.15) is 0 Å². The Morgan fingerprint density at radius 3 is 3.00 bits per heavy atom. The van der Waals surface area contributed by atoms with Gasteiger partial charge in [0.05, 0.1) is 17.5 Å². The summed E-state index contributed by atoms with van der Waals surface area (Å²) in [4.78, 5) is 26.3. The summed E-state index contributed by atoms with van der Waals surface area (Å²) in [5, 5.41) is 9.97. The lowest BCUT2D eigenvalue weighted by Gasteiger charge is -2.39. The van der Waals surface area contributed by atoms with E-state index < -0.39 is 0 Å². The summed E-state index contributed by atoms with van der Waals surface area (Å²) in [7, 11) is 0. The van der Waals surface area contributed by atoms with Crippen molar-refractivity contribution in [2.24, 2.45) is 5.41 Å². The van der Waals surface area contributed by atoms with E-state index in [0.29, 0.717) is 25.4 Å². The Balaban J connectivity index is 1.54. The van der Waals surface area contributed by atoms with Gasteiger partial charge in [0.15, 0.2) is 0 Å². The fraction of sp³-hybridized carbons (Fsp3) is 0.667. The number of aromatic nitrogens is 2. The topological polar surface area (TPSA) is 78.1 Å². The minimum absolute atomic E-state index is 0.0471. The molecule has 2 amide bonds. The second-order valence-electron chi connectivity index (χ2n) is 6.76. The van der Waals surface area contributed by atoms with Crippen LogP contribution in [-0.4, -0.2) is 46.5 Å². The Labute approximate surface area is 123 Å². The van der Waals surface area contributed by atoms with Crippen molar-refractivity contribution >= 4 is 11.8 Å². The molecular weight excluding hydrogens is 268 g/mol.